The maximum Gasteiger partial charge on any atom is 0.247 e. The van der Waals surface area contributed by atoms with Crippen LogP contribution in [0.5, 0.6) is 11.5 Å². The molecule has 5 rings (SSSR count). The summed E-state index contributed by atoms with van der Waals surface area (Å²) >= 11 is 0. The topological polar surface area (TPSA) is 118 Å². The lowest BCUT2D eigenvalue weighted by molar-refractivity contribution is -0.141. The van der Waals surface area contributed by atoms with Crippen molar-refractivity contribution in [2.45, 2.75) is 37.0 Å². The van der Waals surface area contributed by atoms with Gasteiger partial charge in [-0.3, -0.25) is 9.59 Å². The zero-order chi connectivity index (χ0) is 26.6. The molecule has 38 heavy (non-hydrogen) atoms. The highest BCUT2D eigenvalue weighted by molar-refractivity contribution is 5.96. The lowest BCUT2D eigenvalue weighted by atomic mass is 9.77. The zero-order valence-corrected chi connectivity index (χ0v) is 21.4. The van der Waals surface area contributed by atoms with E-state index in [-0.39, 0.29) is 30.9 Å². The maximum atomic E-state index is 13.8. The fourth-order valence-electron chi connectivity index (χ4n) is 5.71. The summed E-state index contributed by atoms with van der Waals surface area (Å²) in [6.45, 7) is 1.05. The Kier molecular flexibility index (Phi) is 7.97. The number of hydrogen-bond acceptors (Lipinski definition) is 7. The summed E-state index contributed by atoms with van der Waals surface area (Å²) < 4.78 is 17.2. The molecule has 3 N–H and O–H groups in total. The van der Waals surface area contributed by atoms with Gasteiger partial charge in [-0.15, -0.1) is 0 Å². The Morgan fingerprint density at radius 2 is 1.95 bits per heavy atom. The Morgan fingerprint density at radius 1 is 1.16 bits per heavy atom. The van der Waals surface area contributed by atoms with Crippen molar-refractivity contribution >= 4 is 11.8 Å². The molecule has 9 nitrogen and oxygen atoms in total. The molecule has 5 unspecified atom stereocenters. The van der Waals surface area contributed by atoms with E-state index < -0.39 is 24.2 Å². The molecule has 2 heterocycles. The summed E-state index contributed by atoms with van der Waals surface area (Å²) in [7, 11) is 1.61. The van der Waals surface area contributed by atoms with Crippen LogP contribution in [0, 0.1) is 5.92 Å². The number of methoxy groups -OCH3 is 1. The average Bonchev–Trinajstić information content (AvgIpc) is 3.62. The predicted octanol–water partition coefficient (Wildman–Crippen LogP) is 1.43. The molecule has 3 aliphatic rings. The Hall–Kier alpha value is -3.40. The van der Waals surface area contributed by atoms with Crippen molar-refractivity contribution in [1.29, 1.82) is 0 Å². The number of aliphatic hydroxyl groups is 2. The van der Waals surface area contributed by atoms with Crippen molar-refractivity contribution in [3.8, 4) is 11.5 Å². The van der Waals surface area contributed by atoms with Gasteiger partial charge in [0.05, 0.1) is 38.2 Å². The van der Waals surface area contributed by atoms with Gasteiger partial charge >= 0.3 is 0 Å². The van der Waals surface area contributed by atoms with Crippen LogP contribution in [-0.4, -0.2) is 85.2 Å². The number of nitrogens with one attached hydrogen (secondary N) is 1. The Balaban J connectivity index is 1.51. The van der Waals surface area contributed by atoms with Gasteiger partial charge in [-0.25, -0.2) is 0 Å². The molecule has 2 aromatic carbocycles. The first kappa shape index (κ1) is 26.2. The van der Waals surface area contributed by atoms with E-state index in [0.717, 1.165) is 16.9 Å². The number of rotatable bonds is 9. The second kappa shape index (κ2) is 11.6. The second-order valence-electron chi connectivity index (χ2n) is 9.83. The summed E-state index contributed by atoms with van der Waals surface area (Å²) in [5.74, 6) is 0.0486. The van der Waals surface area contributed by atoms with Crippen LogP contribution in [0.15, 0.2) is 60.2 Å². The van der Waals surface area contributed by atoms with Crippen LogP contribution in [0.3, 0.4) is 0 Å². The fourth-order valence-corrected chi connectivity index (χ4v) is 5.71. The van der Waals surface area contributed by atoms with Crippen molar-refractivity contribution in [2.24, 2.45) is 5.92 Å². The third kappa shape index (κ3) is 5.01. The molecule has 0 saturated carbocycles. The molecule has 1 saturated heterocycles. The van der Waals surface area contributed by atoms with Gasteiger partial charge in [0.15, 0.2) is 0 Å². The van der Waals surface area contributed by atoms with E-state index in [9.17, 15) is 19.8 Å². The molecule has 9 heteroatoms. The molecule has 2 aliphatic heterocycles. The summed E-state index contributed by atoms with van der Waals surface area (Å²) in [5.41, 5.74) is 2.17. The normalized spacial score (nSPS) is 25.6. The lowest BCUT2D eigenvalue weighted by Gasteiger charge is -2.41. The van der Waals surface area contributed by atoms with Gasteiger partial charge in [-0.05, 0) is 36.6 Å². The number of ether oxygens (including phenoxy) is 3. The van der Waals surface area contributed by atoms with Crippen LogP contribution < -0.4 is 14.8 Å². The molecule has 5 atom stereocenters. The summed E-state index contributed by atoms with van der Waals surface area (Å²) in [6.07, 6.45) is 1.01. The number of hydrogen-bond donors (Lipinski definition) is 3. The van der Waals surface area contributed by atoms with E-state index in [4.69, 9.17) is 14.2 Å². The molecule has 0 aromatic heterocycles. The molecular formula is C29H34N2O7. The number of benzene rings is 2. The molecule has 1 fully saturated rings. The van der Waals surface area contributed by atoms with Crippen LogP contribution in [0.4, 0.5) is 0 Å². The first-order valence-corrected chi connectivity index (χ1v) is 13.1. The third-order valence-corrected chi connectivity index (χ3v) is 7.61. The number of fused-ring (bicyclic) bond motifs is 3. The minimum absolute atomic E-state index is 0.0964. The minimum Gasteiger partial charge on any atom is -0.496 e. The zero-order valence-electron chi connectivity index (χ0n) is 21.4. The van der Waals surface area contributed by atoms with Gasteiger partial charge in [0.25, 0.3) is 0 Å². The van der Waals surface area contributed by atoms with E-state index >= 15 is 0 Å². The average molecular weight is 523 g/mol. The maximum absolute atomic E-state index is 13.8. The largest absolute Gasteiger partial charge is 0.496 e. The van der Waals surface area contributed by atoms with Crippen LogP contribution in [-0.2, 0) is 20.7 Å². The Bertz CT molecular complexity index is 1190. The van der Waals surface area contributed by atoms with E-state index in [1.807, 2.05) is 48.5 Å². The first-order valence-electron chi connectivity index (χ1n) is 13.1. The predicted molar refractivity (Wildman–Crippen MR) is 139 cm³/mol. The lowest BCUT2D eigenvalue weighted by Crippen LogP contribution is -2.57. The van der Waals surface area contributed by atoms with Gasteiger partial charge in [-0.1, -0.05) is 36.4 Å². The minimum atomic E-state index is -1.06. The van der Waals surface area contributed by atoms with Crippen molar-refractivity contribution in [3.05, 3.63) is 71.3 Å². The smallest absolute Gasteiger partial charge is 0.247 e. The summed E-state index contributed by atoms with van der Waals surface area (Å²) in [6, 6.07) is 14.3. The Morgan fingerprint density at radius 3 is 2.71 bits per heavy atom. The quantitative estimate of drug-likeness (QED) is 0.456. The first-order chi connectivity index (χ1) is 18.5. The second-order valence-corrected chi connectivity index (χ2v) is 9.83. The van der Waals surface area contributed by atoms with Crippen molar-refractivity contribution in [1.82, 2.24) is 10.2 Å². The van der Waals surface area contributed by atoms with E-state index in [1.165, 1.54) is 0 Å². The molecule has 2 amide bonds. The van der Waals surface area contributed by atoms with Crippen LogP contribution in [0.2, 0.25) is 0 Å². The molecule has 0 spiro atoms. The number of amides is 2. The number of nitrogens with zero attached hydrogens (tertiary/aromatic N) is 1. The van der Waals surface area contributed by atoms with Crippen LogP contribution >= 0.6 is 0 Å². The number of para-hydroxylation sites is 2. The van der Waals surface area contributed by atoms with E-state index in [0.29, 0.717) is 43.9 Å². The number of carbonyl (C=O) groups is 2. The highest BCUT2D eigenvalue weighted by atomic mass is 16.5. The van der Waals surface area contributed by atoms with Gasteiger partial charge in [-0.2, -0.15) is 0 Å². The van der Waals surface area contributed by atoms with Crippen molar-refractivity contribution < 1.29 is 34.0 Å². The van der Waals surface area contributed by atoms with Gasteiger partial charge < -0.3 is 34.6 Å². The van der Waals surface area contributed by atoms with Crippen molar-refractivity contribution in [2.75, 3.05) is 40.0 Å². The summed E-state index contributed by atoms with van der Waals surface area (Å²) in [4.78, 5) is 28.8. The van der Waals surface area contributed by atoms with Gasteiger partial charge in [0, 0.05) is 30.8 Å². The van der Waals surface area contributed by atoms with Crippen LogP contribution in [0.25, 0.3) is 0 Å². The summed E-state index contributed by atoms with van der Waals surface area (Å²) in [5, 5.41) is 23.7. The molecule has 202 valence electrons. The van der Waals surface area contributed by atoms with Crippen molar-refractivity contribution in [3.63, 3.8) is 0 Å². The molecule has 2 aromatic rings. The Labute approximate surface area is 222 Å². The molecule has 1 aliphatic carbocycles. The molecular weight excluding hydrogens is 488 g/mol. The number of carbonyl (C=O) groups excluding carboxylic acids is 2. The number of aliphatic hydroxyl groups excluding tert-OH is 2. The highest BCUT2D eigenvalue weighted by Gasteiger charge is 2.50. The monoisotopic (exact) mass is 522 g/mol. The van der Waals surface area contributed by atoms with E-state index in [2.05, 4.69) is 5.32 Å². The van der Waals surface area contributed by atoms with Gasteiger partial charge in [0.1, 0.15) is 23.7 Å². The third-order valence-electron chi connectivity index (χ3n) is 7.61. The SMILES string of the molecule is COc1ccccc1CCN(C(=O)C1CCOC1)C1C=C(C(=O)NCCO)C2c3ccccc3OC2C1O. The standard InChI is InChI=1S/C29H34N2O7/c1-36-23-8-4-2-6-18(23)10-13-31(29(35)19-11-15-37-17-19)22-16-21(28(34)30-12-14-32)25-20-7-3-5-9-24(20)38-27(25)26(22)33/h2-9,16,19,22,25-27,32-33H,10-15,17H2,1H3,(H,30,34). The fraction of sp³-hybridized carbons (Fsp3) is 0.448. The van der Waals surface area contributed by atoms with Gasteiger partial charge in [0.2, 0.25) is 11.8 Å². The van der Waals surface area contributed by atoms with Crippen LogP contribution in [0.1, 0.15) is 23.5 Å². The molecule has 0 bridgehead atoms. The van der Waals surface area contributed by atoms with E-state index in [1.54, 1.807) is 18.1 Å². The molecule has 0 radical (unpaired) electrons. The highest BCUT2D eigenvalue weighted by Crippen LogP contribution is 2.47.